The van der Waals surface area contributed by atoms with Gasteiger partial charge in [-0.1, -0.05) is 70.1 Å². The Morgan fingerprint density at radius 3 is 2.21 bits per heavy atom. The summed E-state index contributed by atoms with van der Waals surface area (Å²) in [6.45, 7) is 15.5. The van der Waals surface area contributed by atoms with Gasteiger partial charge < -0.3 is 0 Å². The van der Waals surface area contributed by atoms with Crippen molar-refractivity contribution in [2.24, 2.45) is 17.8 Å². The van der Waals surface area contributed by atoms with Crippen LogP contribution in [0, 0.1) is 27.9 Å². The summed E-state index contributed by atoms with van der Waals surface area (Å²) in [6, 6.07) is 13.7. The molecule has 1 aliphatic carbocycles. The topological polar surface area (TPSA) is 77.3 Å². The molecule has 2 aromatic rings. The highest BCUT2D eigenvalue weighted by Crippen LogP contribution is 2.37. The van der Waals surface area contributed by atoms with Gasteiger partial charge in [-0.25, -0.2) is 0 Å². The number of nitro groups is 1. The van der Waals surface area contributed by atoms with Crippen LogP contribution in [0.1, 0.15) is 58.6 Å². The second kappa shape index (κ2) is 11.9. The third kappa shape index (κ3) is 6.11. The number of benzene rings is 2. The van der Waals surface area contributed by atoms with Crippen molar-refractivity contribution >= 4 is 34.4 Å². The molecule has 0 fully saturated rings. The zero-order chi connectivity index (χ0) is 28.3. The largest absolute Gasteiger partial charge is 0.299 e. The third-order valence-corrected chi connectivity index (χ3v) is 8.11. The van der Waals surface area contributed by atoms with E-state index in [0.29, 0.717) is 10.6 Å². The van der Waals surface area contributed by atoms with Crippen molar-refractivity contribution in [3.63, 3.8) is 0 Å². The summed E-state index contributed by atoms with van der Waals surface area (Å²) in [5.74, 6) is -1.51. The van der Waals surface area contributed by atoms with Crippen molar-refractivity contribution in [1.29, 1.82) is 0 Å². The van der Waals surface area contributed by atoms with Crippen LogP contribution in [0.15, 0.2) is 89.6 Å². The van der Waals surface area contributed by atoms with E-state index in [-0.39, 0.29) is 29.1 Å². The summed E-state index contributed by atoms with van der Waals surface area (Å²) in [4.78, 5) is 37.7. The summed E-state index contributed by atoms with van der Waals surface area (Å²) in [7, 11) is 0. The molecule has 0 spiro atoms. The quantitative estimate of drug-likeness (QED) is 0.241. The minimum absolute atomic E-state index is 0.00132. The minimum Gasteiger partial charge on any atom is -0.299 e. The van der Waals surface area contributed by atoms with Gasteiger partial charge in [0.2, 0.25) is 0 Å². The molecule has 0 bridgehead atoms. The van der Waals surface area contributed by atoms with Gasteiger partial charge in [-0.2, -0.15) is 0 Å². The fourth-order valence-corrected chi connectivity index (χ4v) is 4.89. The van der Waals surface area contributed by atoms with E-state index in [1.807, 2.05) is 58.0 Å². The van der Waals surface area contributed by atoms with E-state index < -0.39 is 16.8 Å². The van der Waals surface area contributed by atoms with Gasteiger partial charge >= 0.3 is 0 Å². The van der Waals surface area contributed by atoms with Crippen molar-refractivity contribution < 1.29 is 14.5 Å². The number of allylic oxidation sites excluding steroid dienone is 7. The standard InChI is InChI=1S/C32H34ClNO4/c1-18-15-27(32(36)23(6)22(5)31(35)24(7)25-11-13-28(33)14-12-25)17-30(19(18)2)21(4)20(3)26-9-8-10-29(16-26)34(37)38/h8-17,19,22-24H,1H2,2-7H3/b21-20+. The molecule has 0 aromatic heterocycles. The second-order valence-corrected chi connectivity index (χ2v) is 10.6. The first-order valence-corrected chi connectivity index (χ1v) is 13.1. The lowest BCUT2D eigenvalue weighted by Crippen LogP contribution is -2.30. The fraction of sp³-hybridized carbons (Fsp3) is 0.312. The highest BCUT2D eigenvalue weighted by molar-refractivity contribution is 6.30. The molecule has 1 aliphatic rings. The number of Topliss-reactive ketones (excluding diaryl/α,β-unsaturated/α-hetero) is 2. The summed E-state index contributed by atoms with van der Waals surface area (Å²) in [5, 5.41) is 11.9. The van der Waals surface area contributed by atoms with E-state index in [2.05, 4.69) is 6.58 Å². The molecule has 2 aromatic carbocycles. The molecule has 5 nitrogen and oxygen atoms in total. The zero-order valence-corrected chi connectivity index (χ0v) is 23.5. The molecule has 0 heterocycles. The van der Waals surface area contributed by atoms with Crippen LogP contribution < -0.4 is 0 Å². The lowest BCUT2D eigenvalue weighted by Gasteiger charge is -2.27. The highest BCUT2D eigenvalue weighted by atomic mass is 35.5. The molecule has 0 aliphatic heterocycles. The zero-order valence-electron chi connectivity index (χ0n) is 22.7. The van der Waals surface area contributed by atoms with E-state index in [4.69, 9.17) is 11.6 Å². The smallest absolute Gasteiger partial charge is 0.270 e. The van der Waals surface area contributed by atoms with Gasteiger partial charge in [-0.15, -0.1) is 0 Å². The van der Waals surface area contributed by atoms with E-state index in [0.717, 1.165) is 33.4 Å². The number of hydrogen-bond acceptors (Lipinski definition) is 4. The Kier molecular flexibility index (Phi) is 9.05. The van der Waals surface area contributed by atoms with Gasteiger partial charge in [-0.05, 0) is 71.6 Å². The molecular weight excluding hydrogens is 498 g/mol. The van der Waals surface area contributed by atoms with Gasteiger partial charge in [0.05, 0.1) is 4.92 Å². The van der Waals surface area contributed by atoms with Crippen LogP contribution in [0.3, 0.4) is 0 Å². The van der Waals surface area contributed by atoms with Crippen LogP contribution in [0.5, 0.6) is 0 Å². The summed E-state index contributed by atoms with van der Waals surface area (Å²) >= 11 is 5.99. The normalized spacial score (nSPS) is 18.5. The van der Waals surface area contributed by atoms with Crippen LogP contribution >= 0.6 is 11.6 Å². The molecule has 0 saturated heterocycles. The Morgan fingerprint density at radius 2 is 1.61 bits per heavy atom. The number of rotatable bonds is 9. The molecule has 38 heavy (non-hydrogen) atoms. The average molecular weight is 532 g/mol. The Bertz CT molecular complexity index is 1380. The lowest BCUT2D eigenvalue weighted by atomic mass is 9.76. The molecule has 3 rings (SSSR count). The number of nitrogens with zero attached hydrogens (tertiary/aromatic N) is 1. The Balaban J connectivity index is 1.89. The number of non-ortho nitro benzene ring substituents is 1. The van der Waals surface area contributed by atoms with E-state index in [9.17, 15) is 19.7 Å². The van der Waals surface area contributed by atoms with Crippen LogP contribution in [-0.4, -0.2) is 16.5 Å². The van der Waals surface area contributed by atoms with E-state index in [1.54, 1.807) is 38.1 Å². The Labute approximate surface area is 229 Å². The SMILES string of the molecule is C=C1C=C(C(=O)C(C)C(C)C(=O)C(C)c2ccc(Cl)cc2)C=C(/C(C)=C(\C)c2cccc([N+](=O)[O-])c2)C1C. The predicted octanol–water partition coefficient (Wildman–Crippen LogP) is 8.31. The number of halogens is 1. The number of carbonyl (C=O) groups excluding carboxylic acids is 2. The van der Waals surface area contributed by atoms with Crippen LogP contribution in [0.2, 0.25) is 5.02 Å². The molecule has 0 N–H and O–H groups in total. The van der Waals surface area contributed by atoms with Gasteiger partial charge in [0.25, 0.3) is 5.69 Å². The molecule has 0 saturated carbocycles. The highest BCUT2D eigenvalue weighted by Gasteiger charge is 2.32. The van der Waals surface area contributed by atoms with Gasteiger partial charge in [-0.3, -0.25) is 19.7 Å². The Hall–Kier alpha value is -3.57. The van der Waals surface area contributed by atoms with Crippen molar-refractivity contribution in [2.75, 3.05) is 0 Å². The first kappa shape index (κ1) is 29.0. The first-order valence-electron chi connectivity index (χ1n) is 12.7. The van der Waals surface area contributed by atoms with E-state index >= 15 is 0 Å². The maximum atomic E-state index is 13.6. The molecule has 198 valence electrons. The number of hydrogen-bond donors (Lipinski definition) is 0. The third-order valence-electron chi connectivity index (χ3n) is 7.85. The van der Waals surface area contributed by atoms with Crippen LogP contribution in [-0.2, 0) is 9.59 Å². The molecule has 4 unspecified atom stereocenters. The monoisotopic (exact) mass is 531 g/mol. The maximum Gasteiger partial charge on any atom is 0.270 e. The van der Waals surface area contributed by atoms with Crippen molar-refractivity contribution in [3.05, 3.63) is 116 Å². The lowest BCUT2D eigenvalue weighted by molar-refractivity contribution is -0.384. The minimum atomic E-state index is -0.524. The van der Waals surface area contributed by atoms with Gasteiger partial charge in [0, 0.05) is 46.4 Å². The second-order valence-electron chi connectivity index (χ2n) is 10.2. The van der Waals surface area contributed by atoms with Crippen molar-refractivity contribution in [2.45, 2.75) is 47.5 Å². The van der Waals surface area contributed by atoms with Gasteiger partial charge in [0.1, 0.15) is 5.78 Å². The molecule has 4 atom stereocenters. The Morgan fingerprint density at radius 1 is 0.974 bits per heavy atom. The summed E-state index contributed by atoms with van der Waals surface area (Å²) in [5.41, 5.74) is 5.73. The van der Waals surface area contributed by atoms with Crippen molar-refractivity contribution in [3.8, 4) is 0 Å². The van der Waals surface area contributed by atoms with Gasteiger partial charge in [0.15, 0.2) is 5.78 Å². The van der Waals surface area contributed by atoms with Crippen molar-refractivity contribution in [1.82, 2.24) is 0 Å². The van der Waals surface area contributed by atoms with E-state index in [1.165, 1.54) is 6.07 Å². The van der Waals surface area contributed by atoms with Crippen LogP contribution in [0.25, 0.3) is 5.57 Å². The molecule has 0 amide bonds. The summed E-state index contributed by atoms with van der Waals surface area (Å²) < 4.78 is 0. The molecular formula is C32H34ClNO4. The molecule has 0 radical (unpaired) electrons. The first-order chi connectivity index (χ1) is 17.8. The number of carbonyl (C=O) groups is 2. The fourth-order valence-electron chi connectivity index (χ4n) is 4.77. The average Bonchev–Trinajstić information content (AvgIpc) is 2.92. The molecule has 6 heteroatoms. The number of nitro benzene ring substituents is 1. The maximum absolute atomic E-state index is 13.6. The van der Waals surface area contributed by atoms with Crippen LogP contribution in [0.4, 0.5) is 5.69 Å². The predicted molar refractivity (Wildman–Crippen MR) is 154 cm³/mol. The number of ketones is 2. The summed E-state index contributed by atoms with van der Waals surface area (Å²) in [6.07, 6.45) is 3.69.